The fourth-order valence-electron chi connectivity index (χ4n) is 1.61. The zero-order valence-electron chi connectivity index (χ0n) is 12.8. The minimum atomic E-state index is -0.412. The lowest BCUT2D eigenvalue weighted by Gasteiger charge is -2.17. The molecule has 0 aliphatic heterocycles. The summed E-state index contributed by atoms with van der Waals surface area (Å²) in [5.74, 6) is -0.391. The summed E-state index contributed by atoms with van der Waals surface area (Å²) in [4.78, 5) is 23.2. The summed E-state index contributed by atoms with van der Waals surface area (Å²) in [7, 11) is 0. The number of hydrogen-bond donors (Lipinski definition) is 2. The van der Waals surface area contributed by atoms with Crippen LogP contribution in [0.4, 0.5) is 4.39 Å². The molecular weight excluding hydrogens is 271 g/mol. The van der Waals surface area contributed by atoms with Crippen molar-refractivity contribution in [3.05, 3.63) is 35.6 Å². The van der Waals surface area contributed by atoms with Crippen molar-refractivity contribution >= 4 is 11.8 Å². The Morgan fingerprint density at radius 2 is 1.71 bits per heavy atom. The van der Waals surface area contributed by atoms with Crippen LogP contribution in [0.25, 0.3) is 0 Å². The van der Waals surface area contributed by atoms with E-state index in [1.807, 2.05) is 20.8 Å². The molecule has 0 heterocycles. The van der Waals surface area contributed by atoms with Gasteiger partial charge in [0.2, 0.25) is 11.8 Å². The Morgan fingerprint density at radius 1 is 1.10 bits per heavy atom. The highest BCUT2D eigenvalue weighted by Gasteiger charge is 2.20. The topological polar surface area (TPSA) is 58.2 Å². The van der Waals surface area contributed by atoms with Gasteiger partial charge in [-0.15, -0.1) is 0 Å². The number of halogens is 1. The summed E-state index contributed by atoms with van der Waals surface area (Å²) in [6.45, 7) is 6.40. The van der Waals surface area contributed by atoms with Gasteiger partial charge in [0.15, 0.2) is 0 Å². The van der Waals surface area contributed by atoms with Crippen LogP contribution >= 0.6 is 0 Å². The molecule has 116 valence electrons. The minimum absolute atomic E-state index is 0.0192. The van der Waals surface area contributed by atoms with Gasteiger partial charge in [-0.1, -0.05) is 32.9 Å². The molecule has 0 aliphatic rings. The monoisotopic (exact) mass is 294 g/mol. The Morgan fingerprint density at radius 3 is 2.29 bits per heavy atom. The van der Waals surface area contributed by atoms with E-state index in [2.05, 4.69) is 10.6 Å². The molecule has 5 heteroatoms. The lowest BCUT2D eigenvalue weighted by atomic mass is 9.96. The fourth-order valence-corrected chi connectivity index (χ4v) is 1.61. The fraction of sp³-hybridized carbons (Fsp3) is 0.500. The highest BCUT2D eigenvalue weighted by atomic mass is 19.1. The molecule has 1 aromatic carbocycles. The Bertz CT molecular complexity index is 478. The van der Waals surface area contributed by atoms with Crippen LogP contribution in [0.1, 0.15) is 39.2 Å². The van der Waals surface area contributed by atoms with Gasteiger partial charge >= 0.3 is 0 Å². The lowest BCUT2D eigenvalue weighted by molar-refractivity contribution is -0.128. The van der Waals surface area contributed by atoms with Gasteiger partial charge < -0.3 is 10.6 Å². The summed E-state index contributed by atoms with van der Waals surface area (Å²) in [6.07, 6.45) is 0.947. The molecule has 0 saturated heterocycles. The second kappa shape index (κ2) is 7.76. The van der Waals surface area contributed by atoms with Gasteiger partial charge in [-0.25, -0.2) is 4.39 Å². The Balaban J connectivity index is 2.17. The number of carbonyl (C=O) groups excluding carboxylic acids is 2. The predicted molar refractivity (Wildman–Crippen MR) is 79.9 cm³/mol. The molecule has 4 nitrogen and oxygen atoms in total. The Kier molecular flexibility index (Phi) is 6.34. The second-order valence-electron chi connectivity index (χ2n) is 6.01. The maximum absolute atomic E-state index is 12.7. The van der Waals surface area contributed by atoms with Gasteiger partial charge in [0.25, 0.3) is 0 Å². The smallest absolute Gasteiger partial charge is 0.225 e. The number of carbonyl (C=O) groups is 2. The van der Waals surface area contributed by atoms with E-state index in [9.17, 15) is 14.0 Å². The van der Waals surface area contributed by atoms with E-state index in [0.29, 0.717) is 25.9 Å². The van der Waals surface area contributed by atoms with E-state index in [0.717, 1.165) is 5.56 Å². The average Bonchev–Trinajstić information content (AvgIpc) is 2.41. The molecule has 0 spiro atoms. The molecule has 0 unspecified atom stereocenters. The first-order valence-electron chi connectivity index (χ1n) is 7.08. The molecule has 0 aliphatic carbocycles. The molecule has 0 bridgehead atoms. The summed E-state index contributed by atoms with van der Waals surface area (Å²) in [5, 5.41) is 5.56. The largest absolute Gasteiger partial charge is 0.356 e. The third-order valence-corrected chi connectivity index (χ3v) is 2.95. The highest BCUT2D eigenvalue weighted by molar-refractivity contribution is 5.81. The zero-order valence-corrected chi connectivity index (χ0v) is 12.8. The summed E-state index contributed by atoms with van der Waals surface area (Å²) in [5.41, 5.74) is 0.441. The molecule has 2 N–H and O–H groups in total. The van der Waals surface area contributed by atoms with Crippen molar-refractivity contribution in [3.63, 3.8) is 0 Å². The summed E-state index contributed by atoms with van der Waals surface area (Å²) < 4.78 is 12.7. The van der Waals surface area contributed by atoms with Crippen molar-refractivity contribution in [1.82, 2.24) is 10.6 Å². The van der Waals surface area contributed by atoms with Crippen molar-refractivity contribution in [3.8, 4) is 0 Å². The lowest BCUT2D eigenvalue weighted by Crippen LogP contribution is -2.35. The Labute approximate surface area is 125 Å². The van der Waals surface area contributed by atoms with Gasteiger partial charge in [0.1, 0.15) is 5.82 Å². The second-order valence-corrected chi connectivity index (χ2v) is 6.01. The van der Waals surface area contributed by atoms with Gasteiger partial charge in [-0.3, -0.25) is 9.59 Å². The van der Waals surface area contributed by atoms with Crippen LogP contribution in [-0.4, -0.2) is 18.4 Å². The zero-order chi connectivity index (χ0) is 15.9. The quantitative estimate of drug-likeness (QED) is 0.791. The van der Waals surface area contributed by atoms with E-state index >= 15 is 0 Å². The van der Waals surface area contributed by atoms with E-state index in [1.54, 1.807) is 12.1 Å². The van der Waals surface area contributed by atoms with Crippen molar-refractivity contribution in [2.75, 3.05) is 6.54 Å². The predicted octanol–water partition coefficient (Wildman–Crippen LogP) is 2.38. The molecule has 0 saturated carbocycles. The van der Waals surface area contributed by atoms with E-state index < -0.39 is 5.41 Å². The molecule has 21 heavy (non-hydrogen) atoms. The maximum Gasteiger partial charge on any atom is 0.225 e. The van der Waals surface area contributed by atoms with Crippen LogP contribution in [0, 0.1) is 11.2 Å². The third-order valence-electron chi connectivity index (χ3n) is 2.95. The summed E-state index contributed by atoms with van der Waals surface area (Å²) in [6, 6.07) is 6.01. The SMILES string of the molecule is CC(C)(C)C(=O)NCCCC(=O)NCc1ccc(F)cc1. The molecule has 0 atom stereocenters. The van der Waals surface area contributed by atoms with Crippen LogP contribution in [0.5, 0.6) is 0 Å². The first kappa shape index (κ1) is 17.1. The maximum atomic E-state index is 12.7. The number of nitrogens with one attached hydrogen (secondary N) is 2. The van der Waals surface area contributed by atoms with Crippen molar-refractivity contribution in [2.45, 2.75) is 40.2 Å². The number of rotatable bonds is 6. The standard InChI is InChI=1S/C16H23FN2O2/c1-16(2,3)15(21)18-10-4-5-14(20)19-11-12-6-8-13(17)9-7-12/h6-9H,4-5,10-11H2,1-3H3,(H,18,21)(H,19,20). The molecule has 1 aromatic rings. The van der Waals surface area contributed by atoms with Crippen molar-refractivity contribution in [1.29, 1.82) is 0 Å². The van der Waals surface area contributed by atoms with E-state index in [4.69, 9.17) is 0 Å². The van der Waals surface area contributed by atoms with E-state index in [-0.39, 0.29) is 17.6 Å². The minimum Gasteiger partial charge on any atom is -0.356 e. The number of amides is 2. The normalized spacial score (nSPS) is 11.0. The van der Waals surface area contributed by atoms with Crippen molar-refractivity contribution < 1.29 is 14.0 Å². The first-order chi connectivity index (χ1) is 9.79. The molecular formula is C16H23FN2O2. The number of benzene rings is 1. The highest BCUT2D eigenvalue weighted by Crippen LogP contribution is 2.12. The first-order valence-corrected chi connectivity index (χ1v) is 7.08. The van der Waals surface area contributed by atoms with Gasteiger partial charge in [0.05, 0.1) is 0 Å². The third kappa shape index (κ3) is 6.88. The van der Waals surface area contributed by atoms with Crippen LogP contribution in [0.2, 0.25) is 0 Å². The van der Waals surface area contributed by atoms with Gasteiger partial charge in [0, 0.05) is 24.9 Å². The Hall–Kier alpha value is -1.91. The van der Waals surface area contributed by atoms with Crippen molar-refractivity contribution in [2.24, 2.45) is 5.41 Å². The molecule has 0 aromatic heterocycles. The van der Waals surface area contributed by atoms with E-state index in [1.165, 1.54) is 12.1 Å². The summed E-state index contributed by atoms with van der Waals surface area (Å²) >= 11 is 0. The van der Waals surface area contributed by atoms with Gasteiger partial charge in [-0.2, -0.15) is 0 Å². The average molecular weight is 294 g/mol. The van der Waals surface area contributed by atoms with Crippen LogP contribution in [-0.2, 0) is 16.1 Å². The molecule has 0 fully saturated rings. The molecule has 0 radical (unpaired) electrons. The van der Waals surface area contributed by atoms with Crippen LogP contribution in [0.15, 0.2) is 24.3 Å². The van der Waals surface area contributed by atoms with Gasteiger partial charge in [-0.05, 0) is 24.1 Å². The number of hydrogen-bond acceptors (Lipinski definition) is 2. The molecule has 1 rings (SSSR count). The molecule has 2 amide bonds. The van der Waals surface area contributed by atoms with Crippen LogP contribution in [0.3, 0.4) is 0 Å². The van der Waals surface area contributed by atoms with Crippen LogP contribution < -0.4 is 10.6 Å².